The highest BCUT2D eigenvalue weighted by atomic mass is 35.5. The van der Waals surface area contributed by atoms with Crippen molar-refractivity contribution in [2.24, 2.45) is 0 Å². The molecule has 0 spiro atoms. The van der Waals surface area contributed by atoms with Gasteiger partial charge in [0.25, 0.3) is 5.91 Å². The molecule has 0 radical (unpaired) electrons. The van der Waals surface area contributed by atoms with Crippen molar-refractivity contribution in [2.45, 2.75) is 26.4 Å². The first-order valence-corrected chi connectivity index (χ1v) is 13.0. The van der Waals surface area contributed by atoms with Crippen molar-refractivity contribution in [2.75, 3.05) is 36.4 Å². The first kappa shape index (κ1) is 25.3. The van der Waals surface area contributed by atoms with Gasteiger partial charge in [-0.15, -0.1) is 11.3 Å². The lowest BCUT2D eigenvalue weighted by Crippen LogP contribution is -2.48. The minimum atomic E-state index is -0.248. The van der Waals surface area contributed by atoms with Gasteiger partial charge in [-0.3, -0.25) is 4.79 Å². The molecule has 0 unspecified atom stereocenters. The van der Waals surface area contributed by atoms with Crippen LogP contribution in [0.5, 0.6) is 0 Å². The highest BCUT2D eigenvalue weighted by Gasteiger charge is 2.25. The van der Waals surface area contributed by atoms with Crippen LogP contribution < -0.4 is 10.2 Å². The van der Waals surface area contributed by atoms with Gasteiger partial charge in [0.15, 0.2) is 0 Å². The van der Waals surface area contributed by atoms with E-state index in [1.807, 2.05) is 43.0 Å². The topological polar surface area (TPSA) is 68.8 Å². The van der Waals surface area contributed by atoms with E-state index in [1.165, 1.54) is 11.3 Å². The van der Waals surface area contributed by atoms with Crippen molar-refractivity contribution in [3.8, 4) is 0 Å². The number of urea groups is 1. The summed E-state index contributed by atoms with van der Waals surface area (Å²) in [5.41, 5.74) is 2.10. The normalized spacial score (nSPS) is 13.7. The fraction of sp³-hybridized carbons (Fsp3) is 0.320. The summed E-state index contributed by atoms with van der Waals surface area (Å²) in [6.45, 7) is 6.87. The van der Waals surface area contributed by atoms with Crippen molar-refractivity contribution in [1.29, 1.82) is 0 Å². The first-order valence-electron chi connectivity index (χ1n) is 11.4. The molecule has 3 amide bonds. The number of rotatable bonds is 6. The van der Waals surface area contributed by atoms with Gasteiger partial charge in [-0.2, -0.15) is 0 Å². The average Bonchev–Trinajstić information content (AvgIpc) is 3.31. The standard InChI is InChI=1S/C25H27Cl2N5O2S/c1-17(2)32(25(34)28-20-7-3-5-18(26)13-20)15-23-29-22(16-35-23)24(33)31-11-9-30(10-12-31)21-8-4-6-19(27)14-21/h3-8,13-14,16-17H,9-12,15H2,1-2H3,(H,28,34). The molecular formula is C25H27Cl2N5O2S. The zero-order valence-electron chi connectivity index (χ0n) is 19.6. The molecule has 2 heterocycles. The number of carbonyl (C=O) groups excluding carboxylic acids is 2. The molecule has 1 aliphatic heterocycles. The maximum absolute atomic E-state index is 13.1. The van der Waals surface area contributed by atoms with E-state index in [4.69, 9.17) is 23.2 Å². The summed E-state index contributed by atoms with van der Waals surface area (Å²) in [5, 5.41) is 6.61. The zero-order valence-corrected chi connectivity index (χ0v) is 21.9. The van der Waals surface area contributed by atoms with Gasteiger partial charge in [0.2, 0.25) is 0 Å². The number of halogens is 2. The second-order valence-corrected chi connectivity index (χ2v) is 10.4. The number of carbonyl (C=O) groups is 2. The Morgan fingerprint density at radius 3 is 2.40 bits per heavy atom. The molecule has 10 heteroatoms. The third-order valence-electron chi connectivity index (χ3n) is 5.78. The first-order chi connectivity index (χ1) is 16.8. The zero-order chi connectivity index (χ0) is 24.9. The van der Waals surface area contributed by atoms with Crippen LogP contribution in [0.1, 0.15) is 29.3 Å². The molecule has 1 fully saturated rings. The van der Waals surface area contributed by atoms with Crippen LogP contribution in [-0.2, 0) is 6.54 Å². The summed E-state index contributed by atoms with van der Waals surface area (Å²) < 4.78 is 0. The Kier molecular flexibility index (Phi) is 8.15. The Bertz CT molecular complexity index is 1190. The molecule has 0 aliphatic carbocycles. The molecule has 4 rings (SSSR count). The second-order valence-electron chi connectivity index (χ2n) is 8.55. The van der Waals surface area contributed by atoms with Gasteiger partial charge >= 0.3 is 6.03 Å². The summed E-state index contributed by atoms with van der Waals surface area (Å²) in [6, 6.07) is 14.5. The quantitative estimate of drug-likeness (QED) is 0.432. The van der Waals surface area contributed by atoms with Gasteiger partial charge in [0, 0.05) is 59.0 Å². The lowest BCUT2D eigenvalue weighted by molar-refractivity contribution is 0.0741. The number of hydrogen-bond acceptors (Lipinski definition) is 5. The predicted molar refractivity (Wildman–Crippen MR) is 143 cm³/mol. The summed E-state index contributed by atoms with van der Waals surface area (Å²) in [7, 11) is 0. The van der Waals surface area contributed by atoms with Crippen molar-refractivity contribution < 1.29 is 9.59 Å². The van der Waals surface area contributed by atoms with Crippen LogP contribution in [0.25, 0.3) is 0 Å². The van der Waals surface area contributed by atoms with Gasteiger partial charge in [0.1, 0.15) is 10.7 Å². The van der Waals surface area contributed by atoms with Crippen molar-refractivity contribution in [3.63, 3.8) is 0 Å². The summed E-state index contributed by atoms with van der Waals surface area (Å²) in [5.74, 6) is -0.0854. The summed E-state index contributed by atoms with van der Waals surface area (Å²) in [6.07, 6.45) is 0. The van der Waals surface area contributed by atoms with Crippen LogP contribution in [-0.4, -0.2) is 58.9 Å². The molecule has 0 bridgehead atoms. The Labute approximate surface area is 219 Å². The molecule has 3 aromatic rings. The van der Waals surface area contributed by atoms with Crippen LogP contribution in [0.4, 0.5) is 16.2 Å². The smallest absolute Gasteiger partial charge is 0.322 e. The minimum Gasteiger partial charge on any atom is -0.368 e. The average molecular weight is 532 g/mol. The number of nitrogens with one attached hydrogen (secondary N) is 1. The predicted octanol–water partition coefficient (Wildman–Crippen LogP) is 5.85. The Morgan fingerprint density at radius 1 is 1.06 bits per heavy atom. The van der Waals surface area contributed by atoms with Gasteiger partial charge < -0.3 is 20.0 Å². The van der Waals surface area contributed by atoms with E-state index in [1.54, 1.807) is 34.5 Å². The van der Waals surface area contributed by atoms with E-state index in [-0.39, 0.29) is 18.0 Å². The summed E-state index contributed by atoms with van der Waals surface area (Å²) in [4.78, 5) is 36.2. The SMILES string of the molecule is CC(C)N(Cc1nc(C(=O)N2CCN(c3cccc(Cl)c3)CC2)cs1)C(=O)Nc1cccc(Cl)c1. The largest absolute Gasteiger partial charge is 0.368 e. The van der Waals surface area contributed by atoms with Crippen LogP contribution in [0.3, 0.4) is 0 Å². The highest BCUT2D eigenvalue weighted by Crippen LogP contribution is 2.22. The molecule has 184 valence electrons. The number of aromatic nitrogens is 1. The minimum absolute atomic E-state index is 0.0585. The van der Waals surface area contributed by atoms with Gasteiger partial charge in [0.05, 0.1) is 6.54 Å². The monoisotopic (exact) mass is 531 g/mol. The Morgan fingerprint density at radius 2 is 1.74 bits per heavy atom. The van der Waals surface area contributed by atoms with E-state index in [0.717, 1.165) is 18.8 Å². The molecular weight excluding hydrogens is 505 g/mol. The van der Waals surface area contributed by atoms with E-state index < -0.39 is 0 Å². The number of anilines is 2. The van der Waals surface area contributed by atoms with Crippen molar-refractivity contribution in [1.82, 2.24) is 14.8 Å². The van der Waals surface area contributed by atoms with E-state index >= 15 is 0 Å². The molecule has 0 saturated carbocycles. The Balaban J connectivity index is 1.36. The van der Waals surface area contributed by atoms with Gasteiger partial charge in [-0.1, -0.05) is 35.3 Å². The molecule has 35 heavy (non-hydrogen) atoms. The maximum Gasteiger partial charge on any atom is 0.322 e. The molecule has 7 nitrogen and oxygen atoms in total. The van der Waals surface area contributed by atoms with Crippen molar-refractivity contribution >= 4 is 57.9 Å². The molecule has 1 N–H and O–H groups in total. The fourth-order valence-electron chi connectivity index (χ4n) is 3.88. The number of thiazole rings is 1. The third-order valence-corrected chi connectivity index (χ3v) is 7.08. The van der Waals surface area contributed by atoms with E-state index in [9.17, 15) is 9.59 Å². The Hall–Kier alpha value is -2.81. The molecule has 0 atom stereocenters. The molecule has 2 aromatic carbocycles. The number of benzene rings is 2. The van der Waals surface area contributed by atoms with E-state index in [2.05, 4.69) is 15.2 Å². The fourth-order valence-corrected chi connectivity index (χ4v) is 5.02. The summed E-state index contributed by atoms with van der Waals surface area (Å²) >= 11 is 13.5. The van der Waals surface area contributed by atoms with Gasteiger partial charge in [-0.05, 0) is 50.2 Å². The third kappa shape index (κ3) is 6.45. The van der Waals surface area contributed by atoms with Crippen LogP contribution in [0.2, 0.25) is 10.0 Å². The lowest BCUT2D eigenvalue weighted by atomic mass is 10.2. The number of amides is 3. The van der Waals surface area contributed by atoms with E-state index in [0.29, 0.717) is 46.1 Å². The number of piperazine rings is 1. The van der Waals surface area contributed by atoms with Crippen molar-refractivity contribution in [3.05, 3.63) is 74.7 Å². The van der Waals surface area contributed by atoms with Gasteiger partial charge in [-0.25, -0.2) is 9.78 Å². The second kappa shape index (κ2) is 11.3. The molecule has 1 aromatic heterocycles. The molecule has 1 aliphatic rings. The lowest BCUT2D eigenvalue weighted by Gasteiger charge is -2.35. The number of hydrogen-bond donors (Lipinski definition) is 1. The molecule has 1 saturated heterocycles. The van der Waals surface area contributed by atoms with Crippen LogP contribution >= 0.6 is 34.5 Å². The van der Waals surface area contributed by atoms with Crippen LogP contribution in [0.15, 0.2) is 53.9 Å². The highest BCUT2D eigenvalue weighted by molar-refractivity contribution is 7.09. The number of nitrogens with zero attached hydrogens (tertiary/aromatic N) is 4. The maximum atomic E-state index is 13.1. The van der Waals surface area contributed by atoms with Crippen LogP contribution in [0, 0.1) is 0 Å².